The molecule has 0 aliphatic heterocycles. The first-order chi connectivity index (χ1) is 6.86. The first-order valence-corrected chi connectivity index (χ1v) is 4.12. The van der Waals surface area contributed by atoms with Crippen molar-refractivity contribution in [2.45, 2.75) is 13.1 Å². The number of pyridine rings is 1. The van der Waals surface area contributed by atoms with Crippen LogP contribution in [0.1, 0.15) is 21.6 Å². The van der Waals surface area contributed by atoms with Crippen molar-refractivity contribution in [3.8, 4) is 0 Å². The van der Waals surface area contributed by atoms with Crippen molar-refractivity contribution in [2.75, 3.05) is 7.05 Å². The number of alkyl halides is 3. The number of aromatic nitrogens is 1. The van der Waals surface area contributed by atoms with Gasteiger partial charge in [-0.2, -0.15) is 13.2 Å². The summed E-state index contributed by atoms with van der Waals surface area (Å²) in [5.74, 6) is -0.796. The fourth-order valence-corrected chi connectivity index (χ4v) is 1.11. The van der Waals surface area contributed by atoms with Crippen LogP contribution in [-0.4, -0.2) is 17.9 Å². The molecule has 0 atom stereocenters. The van der Waals surface area contributed by atoms with Gasteiger partial charge >= 0.3 is 6.18 Å². The summed E-state index contributed by atoms with van der Waals surface area (Å²) in [6.45, 7) is 1.43. The first kappa shape index (κ1) is 11.5. The Balaban J connectivity index is 3.33. The fraction of sp³-hybridized carbons (Fsp3) is 0.333. The molecule has 0 aliphatic rings. The highest BCUT2D eigenvalue weighted by Gasteiger charge is 2.35. The van der Waals surface area contributed by atoms with E-state index in [9.17, 15) is 18.0 Å². The van der Waals surface area contributed by atoms with Crippen LogP contribution in [0.15, 0.2) is 12.3 Å². The summed E-state index contributed by atoms with van der Waals surface area (Å²) in [5, 5.41) is 2.13. The summed E-state index contributed by atoms with van der Waals surface area (Å²) in [6, 6.07) is 0.852. The summed E-state index contributed by atoms with van der Waals surface area (Å²) in [5.41, 5.74) is -1.21. The molecule has 1 N–H and O–H groups in total. The number of nitrogens with one attached hydrogen (secondary N) is 1. The Bertz CT molecular complexity index is 387. The highest BCUT2D eigenvalue weighted by Crippen LogP contribution is 2.31. The second-order valence-corrected chi connectivity index (χ2v) is 2.95. The largest absolute Gasteiger partial charge is 0.417 e. The van der Waals surface area contributed by atoms with Gasteiger partial charge < -0.3 is 5.32 Å². The number of hydrogen-bond donors (Lipinski definition) is 1. The number of hydrogen-bond acceptors (Lipinski definition) is 2. The Labute approximate surface area is 84.3 Å². The topological polar surface area (TPSA) is 42.0 Å². The van der Waals surface area contributed by atoms with E-state index >= 15 is 0 Å². The van der Waals surface area contributed by atoms with E-state index in [0.717, 1.165) is 12.3 Å². The van der Waals surface area contributed by atoms with Crippen molar-refractivity contribution in [1.82, 2.24) is 10.3 Å². The van der Waals surface area contributed by atoms with Crippen molar-refractivity contribution in [3.05, 3.63) is 29.1 Å². The second kappa shape index (κ2) is 3.88. The van der Waals surface area contributed by atoms with Crippen LogP contribution >= 0.6 is 0 Å². The van der Waals surface area contributed by atoms with Gasteiger partial charge in [0.2, 0.25) is 0 Å². The van der Waals surface area contributed by atoms with Crippen LogP contribution in [-0.2, 0) is 6.18 Å². The standard InChI is InChI=1S/C9H9F3N2O/c1-5-3-7(9(10,11)12)6(4-14-5)8(15)13-2/h3-4H,1-2H3,(H,13,15). The molecule has 0 saturated heterocycles. The Morgan fingerprint density at radius 1 is 1.47 bits per heavy atom. The van der Waals surface area contributed by atoms with E-state index in [-0.39, 0.29) is 5.69 Å². The lowest BCUT2D eigenvalue weighted by Crippen LogP contribution is -2.23. The van der Waals surface area contributed by atoms with Crippen LogP contribution in [0.5, 0.6) is 0 Å². The van der Waals surface area contributed by atoms with Gasteiger partial charge in [-0.3, -0.25) is 9.78 Å². The molecule has 0 saturated carbocycles. The maximum atomic E-state index is 12.5. The Kier molecular flexibility index (Phi) is 2.97. The van der Waals surface area contributed by atoms with Gasteiger partial charge in [0.25, 0.3) is 5.91 Å². The molecule has 6 heteroatoms. The third-order valence-corrected chi connectivity index (χ3v) is 1.82. The summed E-state index contributed by atoms with van der Waals surface area (Å²) < 4.78 is 37.6. The molecule has 0 radical (unpaired) electrons. The smallest absolute Gasteiger partial charge is 0.355 e. The lowest BCUT2D eigenvalue weighted by atomic mass is 10.1. The van der Waals surface area contributed by atoms with E-state index < -0.39 is 23.2 Å². The number of rotatable bonds is 1. The monoisotopic (exact) mass is 218 g/mol. The molecule has 0 aliphatic carbocycles. The summed E-state index contributed by atoms with van der Waals surface area (Å²) in [6.07, 6.45) is -3.62. The molecule has 1 rings (SSSR count). The van der Waals surface area contributed by atoms with Crippen molar-refractivity contribution in [3.63, 3.8) is 0 Å². The number of amides is 1. The van der Waals surface area contributed by atoms with Gasteiger partial charge in [0.1, 0.15) is 0 Å². The summed E-state index contributed by atoms with van der Waals surface area (Å²) in [7, 11) is 1.27. The van der Waals surface area contributed by atoms with Crippen LogP contribution in [0.2, 0.25) is 0 Å². The van der Waals surface area contributed by atoms with Gasteiger partial charge in [-0.25, -0.2) is 0 Å². The van der Waals surface area contributed by atoms with Crippen molar-refractivity contribution >= 4 is 5.91 Å². The van der Waals surface area contributed by atoms with Gasteiger partial charge in [-0.1, -0.05) is 0 Å². The lowest BCUT2D eigenvalue weighted by molar-refractivity contribution is -0.138. The lowest BCUT2D eigenvalue weighted by Gasteiger charge is -2.11. The first-order valence-electron chi connectivity index (χ1n) is 4.12. The molecule has 1 heterocycles. The molecule has 82 valence electrons. The molecule has 0 spiro atoms. The molecule has 3 nitrogen and oxygen atoms in total. The molecule has 1 aromatic heterocycles. The Morgan fingerprint density at radius 3 is 2.53 bits per heavy atom. The molecule has 0 bridgehead atoms. The molecule has 15 heavy (non-hydrogen) atoms. The molecular weight excluding hydrogens is 209 g/mol. The molecule has 1 aromatic rings. The average molecular weight is 218 g/mol. The van der Waals surface area contributed by atoms with Gasteiger partial charge in [0.15, 0.2) is 0 Å². The van der Waals surface area contributed by atoms with Crippen LogP contribution < -0.4 is 5.32 Å². The van der Waals surface area contributed by atoms with Crippen LogP contribution in [0, 0.1) is 6.92 Å². The fourth-order valence-electron chi connectivity index (χ4n) is 1.11. The maximum Gasteiger partial charge on any atom is 0.417 e. The van der Waals surface area contributed by atoms with E-state index in [0.29, 0.717) is 0 Å². The second-order valence-electron chi connectivity index (χ2n) is 2.95. The van der Waals surface area contributed by atoms with Gasteiger partial charge in [-0.05, 0) is 13.0 Å². The van der Waals surface area contributed by atoms with Gasteiger partial charge in [0, 0.05) is 18.9 Å². The average Bonchev–Trinajstić information content (AvgIpc) is 2.15. The van der Waals surface area contributed by atoms with E-state index in [1.54, 1.807) is 0 Å². The number of carbonyl (C=O) groups excluding carboxylic acids is 1. The van der Waals surface area contributed by atoms with Crippen LogP contribution in [0.3, 0.4) is 0 Å². The molecular formula is C9H9F3N2O. The van der Waals surface area contributed by atoms with Crippen molar-refractivity contribution in [2.24, 2.45) is 0 Å². The normalized spacial score (nSPS) is 11.3. The zero-order chi connectivity index (χ0) is 11.6. The summed E-state index contributed by atoms with van der Waals surface area (Å²) >= 11 is 0. The molecule has 0 fully saturated rings. The Morgan fingerprint density at radius 2 is 2.07 bits per heavy atom. The molecule has 1 amide bonds. The van der Waals surface area contributed by atoms with E-state index in [4.69, 9.17) is 0 Å². The minimum atomic E-state index is -4.55. The summed E-state index contributed by atoms with van der Waals surface area (Å²) in [4.78, 5) is 14.8. The number of aryl methyl sites for hydroxylation is 1. The predicted molar refractivity (Wildman–Crippen MR) is 47.4 cm³/mol. The SMILES string of the molecule is CNC(=O)c1cnc(C)cc1C(F)(F)F. The number of halogens is 3. The van der Waals surface area contributed by atoms with Crippen LogP contribution in [0.25, 0.3) is 0 Å². The minimum absolute atomic E-state index is 0.218. The zero-order valence-corrected chi connectivity index (χ0v) is 8.14. The number of carbonyl (C=O) groups is 1. The Hall–Kier alpha value is -1.59. The third-order valence-electron chi connectivity index (χ3n) is 1.82. The molecule has 0 aromatic carbocycles. The van der Waals surface area contributed by atoms with Crippen molar-refractivity contribution in [1.29, 1.82) is 0 Å². The zero-order valence-electron chi connectivity index (χ0n) is 8.14. The quantitative estimate of drug-likeness (QED) is 0.780. The third kappa shape index (κ3) is 2.45. The number of nitrogens with zero attached hydrogens (tertiary/aromatic N) is 1. The molecule has 0 unspecified atom stereocenters. The van der Waals surface area contributed by atoms with Crippen molar-refractivity contribution < 1.29 is 18.0 Å². The highest BCUT2D eigenvalue weighted by atomic mass is 19.4. The predicted octanol–water partition coefficient (Wildman–Crippen LogP) is 1.77. The van der Waals surface area contributed by atoms with Gasteiger partial charge in [0.05, 0.1) is 11.1 Å². The highest BCUT2D eigenvalue weighted by molar-refractivity contribution is 5.95. The minimum Gasteiger partial charge on any atom is -0.355 e. The van der Waals surface area contributed by atoms with Crippen LogP contribution in [0.4, 0.5) is 13.2 Å². The van der Waals surface area contributed by atoms with E-state index in [1.807, 2.05) is 0 Å². The van der Waals surface area contributed by atoms with Gasteiger partial charge in [-0.15, -0.1) is 0 Å². The van der Waals surface area contributed by atoms with E-state index in [1.165, 1.54) is 14.0 Å². The van der Waals surface area contributed by atoms with E-state index in [2.05, 4.69) is 10.3 Å². The maximum absolute atomic E-state index is 12.5.